The summed E-state index contributed by atoms with van der Waals surface area (Å²) in [6.45, 7) is -1.44. The Labute approximate surface area is 194 Å². The molecule has 11 heteroatoms. The maximum Gasteiger partial charge on any atom is 0.405 e. The van der Waals surface area contributed by atoms with Crippen molar-refractivity contribution in [1.29, 1.82) is 0 Å². The Morgan fingerprint density at radius 1 is 1.06 bits per heavy atom. The third-order valence-corrected chi connectivity index (χ3v) is 5.13. The SMILES string of the molecule is CNC(=O)c1c(-c2ccc(F)cc2)oc2nc(NCC(F)(F)F)c(-c3ccc(F)c(C=O)c3)cc12. The molecule has 4 rings (SSSR count). The zero-order valence-electron chi connectivity index (χ0n) is 18.0. The molecular weight excluding hydrogens is 473 g/mol. The first-order valence-electron chi connectivity index (χ1n) is 10.1. The van der Waals surface area contributed by atoms with E-state index >= 15 is 0 Å². The molecule has 4 aromatic rings. The largest absolute Gasteiger partial charge is 0.437 e. The Morgan fingerprint density at radius 2 is 1.74 bits per heavy atom. The lowest BCUT2D eigenvalue weighted by Crippen LogP contribution is -2.22. The van der Waals surface area contributed by atoms with Crippen LogP contribution in [0.5, 0.6) is 0 Å². The van der Waals surface area contributed by atoms with Crippen LogP contribution in [0.1, 0.15) is 20.7 Å². The van der Waals surface area contributed by atoms with Crippen molar-refractivity contribution in [2.75, 3.05) is 18.9 Å². The number of aldehydes is 1. The highest BCUT2D eigenvalue weighted by Crippen LogP contribution is 2.38. The van der Waals surface area contributed by atoms with Crippen LogP contribution < -0.4 is 10.6 Å². The van der Waals surface area contributed by atoms with Crippen molar-refractivity contribution < 1.29 is 36.0 Å². The molecular formula is C24H16F5N3O3. The minimum Gasteiger partial charge on any atom is -0.437 e. The molecule has 1 amide bonds. The molecule has 180 valence electrons. The summed E-state index contributed by atoms with van der Waals surface area (Å²) in [7, 11) is 1.37. The summed E-state index contributed by atoms with van der Waals surface area (Å²) >= 11 is 0. The molecule has 0 saturated heterocycles. The van der Waals surface area contributed by atoms with E-state index in [-0.39, 0.29) is 51.2 Å². The lowest BCUT2D eigenvalue weighted by molar-refractivity contribution is -0.115. The summed E-state index contributed by atoms with van der Waals surface area (Å²) in [5.41, 5.74) is 0.132. The van der Waals surface area contributed by atoms with Crippen molar-refractivity contribution in [2.24, 2.45) is 0 Å². The van der Waals surface area contributed by atoms with E-state index < -0.39 is 30.3 Å². The quantitative estimate of drug-likeness (QED) is 0.273. The van der Waals surface area contributed by atoms with E-state index in [0.29, 0.717) is 5.56 Å². The van der Waals surface area contributed by atoms with Gasteiger partial charge in [0, 0.05) is 18.2 Å². The van der Waals surface area contributed by atoms with Crippen molar-refractivity contribution in [2.45, 2.75) is 6.18 Å². The fourth-order valence-electron chi connectivity index (χ4n) is 3.52. The highest BCUT2D eigenvalue weighted by atomic mass is 19.4. The van der Waals surface area contributed by atoms with Crippen molar-refractivity contribution in [3.63, 3.8) is 0 Å². The molecule has 0 aliphatic heterocycles. The standard InChI is InChI=1S/C24H16F5N3O3/c1-30-22(34)19-17-9-16(13-4-7-18(26)14(8-13)10-33)21(31-11-24(27,28)29)32-23(17)35-20(19)12-2-5-15(25)6-3-12/h2-10H,11H2,1H3,(H,30,34)(H,31,32). The van der Waals surface area contributed by atoms with E-state index in [2.05, 4.69) is 15.6 Å². The highest BCUT2D eigenvalue weighted by Gasteiger charge is 2.29. The van der Waals surface area contributed by atoms with Gasteiger partial charge in [-0.2, -0.15) is 18.2 Å². The Hall–Kier alpha value is -4.28. The zero-order chi connectivity index (χ0) is 25.3. The van der Waals surface area contributed by atoms with Gasteiger partial charge in [0.05, 0.1) is 16.5 Å². The van der Waals surface area contributed by atoms with Crippen molar-refractivity contribution in [1.82, 2.24) is 10.3 Å². The number of nitrogens with one attached hydrogen (secondary N) is 2. The number of nitrogens with zero attached hydrogens (tertiary/aromatic N) is 1. The number of halogens is 5. The summed E-state index contributed by atoms with van der Waals surface area (Å²) in [4.78, 5) is 28.1. The first-order valence-corrected chi connectivity index (χ1v) is 10.1. The Bertz CT molecular complexity index is 1430. The highest BCUT2D eigenvalue weighted by molar-refractivity contribution is 6.11. The Morgan fingerprint density at radius 3 is 2.37 bits per heavy atom. The number of anilines is 1. The molecule has 2 aromatic heterocycles. The van der Waals surface area contributed by atoms with Gasteiger partial charge in [0.15, 0.2) is 6.29 Å². The lowest BCUT2D eigenvalue weighted by Gasteiger charge is -2.14. The molecule has 0 aliphatic rings. The van der Waals surface area contributed by atoms with Gasteiger partial charge in [0.1, 0.15) is 29.8 Å². The average Bonchev–Trinajstić information content (AvgIpc) is 3.20. The van der Waals surface area contributed by atoms with E-state index in [9.17, 15) is 31.5 Å². The smallest absolute Gasteiger partial charge is 0.405 e. The van der Waals surface area contributed by atoms with Gasteiger partial charge in [-0.15, -0.1) is 0 Å². The van der Waals surface area contributed by atoms with Crippen LogP contribution in [-0.4, -0.2) is 36.9 Å². The predicted molar refractivity (Wildman–Crippen MR) is 118 cm³/mol. The second kappa shape index (κ2) is 9.16. The van der Waals surface area contributed by atoms with Gasteiger partial charge < -0.3 is 15.1 Å². The van der Waals surface area contributed by atoms with Gasteiger partial charge in [-0.05, 0) is 48.0 Å². The first kappa shape index (κ1) is 23.9. The second-order valence-corrected chi connectivity index (χ2v) is 7.45. The second-order valence-electron chi connectivity index (χ2n) is 7.45. The number of rotatable bonds is 6. The van der Waals surface area contributed by atoms with Crippen LogP contribution in [-0.2, 0) is 0 Å². The number of fused-ring (bicyclic) bond motifs is 1. The van der Waals surface area contributed by atoms with Gasteiger partial charge in [-0.3, -0.25) is 9.59 Å². The first-order chi connectivity index (χ1) is 16.6. The van der Waals surface area contributed by atoms with Gasteiger partial charge in [-0.1, -0.05) is 6.07 Å². The normalized spacial score (nSPS) is 11.5. The minimum absolute atomic E-state index is 0.0166. The van der Waals surface area contributed by atoms with Crippen LogP contribution in [0.15, 0.2) is 52.9 Å². The van der Waals surface area contributed by atoms with Crippen LogP contribution in [0, 0.1) is 11.6 Å². The molecule has 0 unspecified atom stereocenters. The molecule has 0 spiro atoms. The van der Waals surface area contributed by atoms with E-state index in [0.717, 1.165) is 24.3 Å². The average molecular weight is 489 g/mol. The van der Waals surface area contributed by atoms with Gasteiger partial charge in [0.2, 0.25) is 5.71 Å². The van der Waals surface area contributed by atoms with E-state index in [1.807, 2.05) is 0 Å². The molecule has 2 heterocycles. The number of carbonyl (C=O) groups is 2. The van der Waals surface area contributed by atoms with Crippen LogP contribution in [0.25, 0.3) is 33.6 Å². The van der Waals surface area contributed by atoms with E-state index in [4.69, 9.17) is 4.42 Å². The third kappa shape index (κ3) is 4.84. The summed E-state index contributed by atoms with van der Waals surface area (Å²) in [6, 6.07) is 9.85. The number of benzene rings is 2. The number of carbonyl (C=O) groups excluding carboxylic acids is 2. The molecule has 2 N–H and O–H groups in total. The van der Waals surface area contributed by atoms with Crippen molar-refractivity contribution in [3.8, 4) is 22.5 Å². The zero-order valence-corrected chi connectivity index (χ0v) is 18.0. The maximum atomic E-state index is 13.9. The van der Waals surface area contributed by atoms with Crippen LogP contribution in [0.4, 0.5) is 27.8 Å². The molecule has 6 nitrogen and oxygen atoms in total. The molecule has 0 radical (unpaired) electrons. The van der Waals surface area contributed by atoms with Gasteiger partial charge in [-0.25, -0.2) is 8.78 Å². The van der Waals surface area contributed by atoms with Gasteiger partial charge >= 0.3 is 6.18 Å². The summed E-state index contributed by atoms with van der Waals surface area (Å²) in [5, 5.41) is 4.80. The topological polar surface area (TPSA) is 84.2 Å². The monoisotopic (exact) mass is 489 g/mol. The molecule has 0 saturated carbocycles. The Balaban J connectivity index is 2.00. The number of alkyl halides is 3. The summed E-state index contributed by atoms with van der Waals surface area (Å²) in [5.74, 6) is -2.15. The van der Waals surface area contributed by atoms with Crippen LogP contribution >= 0.6 is 0 Å². The lowest BCUT2D eigenvalue weighted by atomic mass is 10.00. The maximum absolute atomic E-state index is 13.9. The van der Waals surface area contributed by atoms with Crippen molar-refractivity contribution in [3.05, 3.63) is 71.3 Å². The predicted octanol–water partition coefficient (Wildman–Crippen LogP) is 5.59. The molecule has 0 atom stereocenters. The fourth-order valence-corrected chi connectivity index (χ4v) is 3.52. The summed E-state index contributed by atoms with van der Waals surface area (Å²) in [6.07, 6.45) is -4.31. The number of furan rings is 1. The molecule has 0 aliphatic carbocycles. The fraction of sp³-hybridized carbons (Fsp3) is 0.125. The number of amides is 1. The Kier molecular flexibility index (Phi) is 6.25. The minimum atomic E-state index is -4.58. The molecule has 2 aromatic carbocycles. The number of pyridine rings is 1. The molecule has 0 bridgehead atoms. The van der Waals surface area contributed by atoms with Crippen LogP contribution in [0.2, 0.25) is 0 Å². The summed E-state index contributed by atoms with van der Waals surface area (Å²) < 4.78 is 71.9. The van der Waals surface area contributed by atoms with E-state index in [1.165, 1.54) is 31.3 Å². The number of aromatic nitrogens is 1. The number of hydrogen-bond acceptors (Lipinski definition) is 5. The van der Waals surface area contributed by atoms with Crippen molar-refractivity contribution >= 4 is 29.1 Å². The van der Waals surface area contributed by atoms with E-state index in [1.54, 1.807) is 0 Å². The third-order valence-electron chi connectivity index (χ3n) is 5.13. The molecule has 0 fully saturated rings. The molecule has 35 heavy (non-hydrogen) atoms. The van der Waals surface area contributed by atoms with Gasteiger partial charge in [0.25, 0.3) is 5.91 Å². The number of hydrogen-bond donors (Lipinski definition) is 2. The van der Waals surface area contributed by atoms with Crippen LogP contribution in [0.3, 0.4) is 0 Å².